The summed E-state index contributed by atoms with van der Waals surface area (Å²) in [6.07, 6.45) is 1.07. The van der Waals surface area contributed by atoms with Crippen molar-refractivity contribution in [2.24, 2.45) is 10.4 Å². The number of amides is 4. The lowest BCUT2D eigenvalue weighted by atomic mass is 9.85. The predicted octanol–water partition coefficient (Wildman–Crippen LogP) is 7.38. The molecule has 74 heavy (non-hydrogen) atoms. The van der Waals surface area contributed by atoms with E-state index in [4.69, 9.17) is 16.6 Å². The first-order valence-electron chi connectivity index (χ1n) is 25.9. The maximum Gasteiger partial charge on any atom is 0.246 e. The number of benzene rings is 2. The van der Waals surface area contributed by atoms with E-state index >= 15 is 0 Å². The summed E-state index contributed by atoms with van der Waals surface area (Å²) >= 11 is 9.59. The topological polar surface area (TPSA) is 181 Å². The molecule has 0 saturated carbocycles. The van der Waals surface area contributed by atoms with Crippen molar-refractivity contribution in [3.05, 3.63) is 104 Å². The smallest absolute Gasteiger partial charge is 0.246 e. The Bertz CT molecular complexity index is 2920. The van der Waals surface area contributed by atoms with Crippen LogP contribution in [0.25, 0.3) is 15.4 Å². The third-order valence-electron chi connectivity index (χ3n) is 15.6. The highest BCUT2D eigenvalue weighted by atomic mass is 35.5. The molecule has 19 heteroatoms. The summed E-state index contributed by atoms with van der Waals surface area (Å²) in [6, 6.07) is 13.5. The van der Waals surface area contributed by atoms with Crippen LogP contribution in [0.4, 0.5) is 0 Å². The number of fused-ring (bicyclic) bond motifs is 3. The third-order valence-corrected chi connectivity index (χ3v) is 18.0. The molecule has 7 atom stereocenters. The molecule has 4 aliphatic heterocycles. The van der Waals surface area contributed by atoms with Crippen molar-refractivity contribution in [2.45, 2.75) is 143 Å². The van der Waals surface area contributed by atoms with Crippen molar-refractivity contribution in [1.29, 1.82) is 0 Å². The molecule has 0 unspecified atom stereocenters. The number of aliphatic hydroxyl groups excluding tert-OH is 1. The summed E-state index contributed by atoms with van der Waals surface area (Å²) in [5, 5.41) is 27.7. The van der Waals surface area contributed by atoms with Crippen molar-refractivity contribution in [3.8, 4) is 15.4 Å². The van der Waals surface area contributed by atoms with E-state index in [1.165, 1.54) is 9.78 Å². The Hall–Kier alpha value is -5.37. The fourth-order valence-electron chi connectivity index (χ4n) is 11.2. The number of aryl methyl sites for hydroxylation is 3. The summed E-state index contributed by atoms with van der Waals surface area (Å²) < 4.78 is 2.08. The minimum atomic E-state index is -0.929. The molecular weight excluding hydrogens is 994 g/mol. The van der Waals surface area contributed by atoms with E-state index in [2.05, 4.69) is 67.9 Å². The molecule has 0 aliphatic carbocycles. The van der Waals surface area contributed by atoms with Crippen LogP contribution in [0.2, 0.25) is 5.02 Å². The third kappa shape index (κ3) is 11.0. The number of carbonyl (C=O) groups excluding carboxylic acids is 4. The maximum absolute atomic E-state index is 14.5. The highest BCUT2D eigenvalue weighted by molar-refractivity contribution is 7.15. The summed E-state index contributed by atoms with van der Waals surface area (Å²) in [4.78, 5) is 76.7. The lowest BCUT2D eigenvalue weighted by molar-refractivity contribution is -0.144. The lowest BCUT2D eigenvalue weighted by Crippen LogP contribution is -2.63. The van der Waals surface area contributed by atoms with Gasteiger partial charge in [-0.25, -0.2) is 4.98 Å². The number of hydrogen-bond acceptors (Lipinski definition) is 13. The van der Waals surface area contributed by atoms with Crippen LogP contribution >= 0.6 is 34.3 Å². The first-order valence-corrected chi connectivity index (χ1v) is 28.0. The standard InChI is InChI=1S/C55H70ClN11O5S2/c1-30-26-65(41-19-21-63(22-20-41)46(70)24-43-51-62-61-36(7)67(51)54-47(32(3)35(6)74-54)48(59-43)38-15-17-40(56)18-16-38)31(2)25-64(30)28-45(69)60-50(55(8,9)10)53(72)66-27-42(68)23-44(66)52(71)58-33(4)37-11-13-39(14-12-37)49-34(5)57-29-73-49/h11-18,29-31,33,41-44,50,68H,19-28H2,1-10H3,(H,58,71)(H,60,69)/t30-,31+,33-,42+,43-,44-,50+/m0/s1. The zero-order valence-corrected chi connectivity index (χ0v) is 46.6. The number of piperazine rings is 1. The minimum absolute atomic E-state index is 0.000970. The molecule has 5 aromatic rings. The van der Waals surface area contributed by atoms with E-state index in [0.717, 1.165) is 74.3 Å². The number of thiazole rings is 1. The van der Waals surface area contributed by atoms with Crippen LogP contribution < -0.4 is 10.6 Å². The van der Waals surface area contributed by atoms with Gasteiger partial charge >= 0.3 is 0 Å². The Morgan fingerprint density at radius 2 is 1.58 bits per heavy atom. The SMILES string of the molecule is Cc1ncsc1-c1ccc([C@H](C)NC(=O)[C@@H]2C[C@@H](O)CN2C(=O)[C@@H](NC(=O)CN2C[C@@H](C)N(C3CCN(C(=O)C[C@@H]4N=C(c5ccc(Cl)cc5)c5c(sc(C)c5C)-n5c(C)nnc54)CC3)C[C@@H]2C)C(C)(C)C)cc1. The van der Waals surface area contributed by atoms with Crippen molar-refractivity contribution in [1.82, 2.24) is 50.0 Å². The van der Waals surface area contributed by atoms with Gasteiger partial charge in [0.1, 0.15) is 29.0 Å². The van der Waals surface area contributed by atoms with Crippen LogP contribution in [0.5, 0.6) is 0 Å². The van der Waals surface area contributed by atoms with Gasteiger partial charge in [0.25, 0.3) is 0 Å². The highest BCUT2D eigenvalue weighted by Gasteiger charge is 2.45. The molecule has 0 spiro atoms. The molecular formula is C55H70ClN11O5S2. The van der Waals surface area contributed by atoms with Gasteiger partial charge in [-0.2, -0.15) is 0 Å². The molecule has 16 nitrogen and oxygen atoms in total. The molecule has 2 aromatic carbocycles. The second-order valence-corrected chi connectivity index (χ2v) is 24.4. The number of halogens is 1. The van der Waals surface area contributed by atoms with E-state index in [-0.39, 0.29) is 73.7 Å². The second-order valence-electron chi connectivity index (χ2n) is 21.9. The molecule has 0 bridgehead atoms. The highest BCUT2D eigenvalue weighted by Crippen LogP contribution is 2.40. The summed E-state index contributed by atoms with van der Waals surface area (Å²) in [7, 11) is 0. The van der Waals surface area contributed by atoms with Gasteiger partial charge in [0, 0.05) is 78.3 Å². The molecule has 7 heterocycles. The van der Waals surface area contributed by atoms with Gasteiger partial charge in [0.05, 0.1) is 46.9 Å². The summed E-state index contributed by atoms with van der Waals surface area (Å²) in [5.41, 5.74) is 8.01. The van der Waals surface area contributed by atoms with Gasteiger partial charge in [-0.3, -0.25) is 38.5 Å². The Labute approximate surface area is 447 Å². The summed E-state index contributed by atoms with van der Waals surface area (Å²) in [6.45, 7) is 22.9. The van der Waals surface area contributed by atoms with E-state index in [1.54, 1.807) is 22.7 Å². The van der Waals surface area contributed by atoms with E-state index < -0.39 is 29.6 Å². The molecule has 3 aromatic heterocycles. The number of carbonyl (C=O) groups is 4. The number of β-amino-alcohol motifs (C(OH)–C–C–N with tert-alkyl or cyclic N) is 1. The van der Waals surface area contributed by atoms with Gasteiger partial charge < -0.3 is 25.5 Å². The Kier molecular flexibility index (Phi) is 15.7. The van der Waals surface area contributed by atoms with Crippen LogP contribution in [-0.2, 0) is 19.2 Å². The van der Waals surface area contributed by atoms with E-state index in [9.17, 15) is 24.3 Å². The van der Waals surface area contributed by atoms with Crippen molar-refractivity contribution in [3.63, 3.8) is 0 Å². The number of aliphatic hydroxyl groups is 1. The fourth-order valence-corrected chi connectivity index (χ4v) is 13.4. The number of aliphatic imine (C=N–C) groups is 1. The number of likely N-dealkylation sites (tertiary alicyclic amines) is 2. The quantitative estimate of drug-likeness (QED) is 0.114. The average Bonchev–Trinajstić information content (AvgIpc) is 4.13. The number of aromatic nitrogens is 4. The van der Waals surface area contributed by atoms with Gasteiger partial charge in [-0.1, -0.05) is 68.8 Å². The zero-order chi connectivity index (χ0) is 52.9. The van der Waals surface area contributed by atoms with Crippen LogP contribution in [-0.4, -0.2) is 149 Å². The largest absolute Gasteiger partial charge is 0.391 e. The number of nitrogens with one attached hydrogen (secondary N) is 2. The average molecular weight is 1060 g/mol. The minimum Gasteiger partial charge on any atom is -0.391 e. The molecule has 3 N–H and O–H groups in total. The molecule has 4 amide bonds. The molecule has 394 valence electrons. The van der Waals surface area contributed by atoms with Crippen molar-refractivity contribution >= 4 is 63.6 Å². The molecule has 9 rings (SSSR count). The van der Waals surface area contributed by atoms with Crippen molar-refractivity contribution in [2.75, 3.05) is 39.3 Å². The first kappa shape index (κ1) is 53.5. The number of thiophene rings is 1. The maximum atomic E-state index is 14.5. The Balaban J connectivity index is 0.792. The Morgan fingerprint density at radius 3 is 2.24 bits per heavy atom. The molecule has 3 saturated heterocycles. The normalized spacial score (nSPS) is 22.6. The van der Waals surface area contributed by atoms with Gasteiger partial charge in [-0.05, 0) is 95.5 Å². The van der Waals surface area contributed by atoms with Crippen LogP contribution in [0.1, 0.15) is 124 Å². The van der Waals surface area contributed by atoms with Gasteiger partial charge in [0.2, 0.25) is 23.6 Å². The Morgan fingerprint density at radius 1 is 0.892 bits per heavy atom. The number of rotatable bonds is 12. The van der Waals surface area contributed by atoms with Gasteiger partial charge in [0.15, 0.2) is 5.82 Å². The van der Waals surface area contributed by atoms with Crippen molar-refractivity contribution < 1.29 is 24.3 Å². The van der Waals surface area contributed by atoms with E-state index in [0.29, 0.717) is 30.5 Å². The van der Waals surface area contributed by atoms with Gasteiger partial charge in [-0.15, -0.1) is 32.9 Å². The van der Waals surface area contributed by atoms with Crippen LogP contribution in [0, 0.1) is 33.1 Å². The molecule has 3 fully saturated rings. The van der Waals surface area contributed by atoms with Crippen LogP contribution in [0.15, 0.2) is 59.0 Å². The lowest BCUT2D eigenvalue weighted by Gasteiger charge is -2.49. The number of hydrogen-bond donors (Lipinski definition) is 3. The fraction of sp³-hybridized carbons (Fsp3) is 0.527. The molecule has 4 aliphatic rings. The van der Waals surface area contributed by atoms with Crippen LogP contribution in [0.3, 0.4) is 0 Å². The molecule has 0 radical (unpaired) electrons. The van der Waals surface area contributed by atoms with E-state index in [1.807, 2.05) is 100 Å². The second kappa shape index (κ2) is 21.7. The zero-order valence-electron chi connectivity index (χ0n) is 44.2. The monoisotopic (exact) mass is 1060 g/mol. The number of piperidine rings is 1. The predicted molar refractivity (Wildman–Crippen MR) is 291 cm³/mol. The number of nitrogens with zero attached hydrogens (tertiary/aromatic N) is 9. The first-order chi connectivity index (χ1) is 35.2. The summed E-state index contributed by atoms with van der Waals surface area (Å²) in [5.74, 6) is 0.455.